The lowest BCUT2D eigenvalue weighted by Gasteiger charge is -2.30. The topological polar surface area (TPSA) is 61.4 Å². The number of nitrogens with zero attached hydrogens (tertiary/aromatic N) is 1. The van der Waals surface area contributed by atoms with Crippen molar-refractivity contribution in [2.75, 3.05) is 39.5 Å². The third-order valence-electron chi connectivity index (χ3n) is 3.79. The summed E-state index contributed by atoms with van der Waals surface area (Å²) in [6.07, 6.45) is 4.77. The van der Waals surface area contributed by atoms with Crippen LogP contribution in [-0.4, -0.2) is 57.0 Å². The molecule has 7 heteroatoms. The lowest BCUT2D eigenvalue weighted by Crippen LogP contribution is -2.45. The maximum atomic E-state index is 12.2. The normalized spacial score (nSPS) is 13.1. The predicted molar refractivity (Wildman–Crippen MR) is 89.5 cm³/mol. The van der Waals surface area contributed by atoms with E-state index in [-0.39, 0.29) is 4.75 Å². The summed E-state index contributed by atoms with van der Waals surface area (Å²) in [5.74, 6) is 0. The van der Waals surface area contributed by atoms with Crippen LogP contribution in [0.1, 0.15) is 40.0 Å². The van der Waals surface area contributed by atoms with Gasteiger partial charge in [0.2, 0.25) is 0 Å². The molecule has 0 unspecified atom stereocenters. The van der Waals surface area contributed by atoms with Gasteiger partial charge in [0.25, 0.3) is 10.2 Å². The number of hydrogen-bond donors (Lipinski definition) is 2. The van der Waals surface area contributed by atoms with Crippen LogP contribution in [0.25, 0.3) is 0 Å². The molecule has 0 heterocycles. The summed E-state index contributed by atoms with van der Waals surface area (Å²) in [6.45, 7) is 9.03. The number of nitrogens with one attached hydrogen (secondary N) is 2. The Labute approximate surface area is 129 Å². The zero-order valence-electron chi connectivity index (χ0n) is 13.5. The minimum Gasteiger partial charge on any atom is -0.317 e. The van der Waals surface area contributed by atoms with E-state index in [2.05, 4.69) is 23.9 Å². The van der Waals surface area contributed by atoms with Gasteiger partial charge < -0.3 is 5.32 Å². The molecule has 0 aliphatic heterocycles. The SMILES string of the molecule is CCNCCCN(C)S(=O)(=O)NCC(CC)(CC)SC. The van der Waals surface area contributed by atoms with Crippen molar-refractivity contribution in [1.82, 2.24) is 14.3 Å². The zero-order chi connectivity index (χ0) is 15.6. The molecule has 0 aliphatic carbocycles. The van der Waals surface area contributed by atoms with Gasteiger partial charge in [-0.2, -0.15) is 24.5 Å². The largest absolute Gasteiger partial charge is 0.317 e. The van der Waals surface area contributed by atoms with Gasteiger partial charge in [0, 0.05) is 24.9 Å². The second-order valence-electron chi connectivity index (χ2n) is 4.95. The summed E-state index contributed by atoms with van der Waals surface area (Å²) in [7, 11) is -1.74. The van der Waals surface area contributed by atoms with Gasteiger partial charge in [0.1, 0.15) is 0 Å². The fourth-order valence-electron chi connectivity index (χ4n) is 1.92. The maximum absolute atomic E-state index is 12.2. The highest BCUT2D eigenvalue weighted by Crippen LogP contribution is 2.29. The molecule has 0 spiro atoms. The Hall–Kier alpha value is 0.180. The fraction of sp³-hybridized carbons (Fsp3) is 1.00. The smallest absolute Gasteiger partial charge is 0.279 e. The Kier molecular flexibility index (Phi) is 10.1. The highest BCUT2D eigenvalue weighted by Gasteiger charge is 2.28. The Balaban J connectivity index is 4.36. The molecule has 0 radical (unpaired) electrons. The number of rotatable bonds is 12. The van der Waals surface area contributed by atoms with Crippen molar-refractivity contribution in [3.8, 4) is 0 Å². The van der Waals surface area contributed by atoms with E-state index in [1.54, 1.807) is 18.8 Å². The average molecular weight is 326 g/mol. The van der Waals surface area contributed by atoms with Crippen LogP contribution < -0.4 is 10.0 Å². The highest BCUT2D eigenvalue weighted by molar-refractivity contribution is 8.00. The molecule has 122 valence electrons. The first kappa shape index (κ1) is 20.2. The maximum Gasteiger partial charge on any atom is 0.279 e. The van der Waals surface area contributed by atoms with E-state index in [0.717, 1.165) is 32.4 Å². The summed E-state index contributed by atoms with van der Waals surface area (Å²) in [5, 5.41) is 3.19. The molecule has 0 aliphatic rings. The molecule has 0 aromatic carbocycles. The third-order valence-corrected chi connectivity index (χ3v) is 6.89. The molecule has 0 bridgehead atoms. The van der Waals surface area contributed by atoms with Crippen LogP contribution in [0.4, 0.5) is 0 Å². The first-order valence-corrected chi connectivity index (χ1v) is 10.0. The lowest BCUT2D eigenvalue weighted by atomic mass is 10.0. The van der Waals surface area contributed by atoms with Crippen molar-refractivity contribution in [2.45, 2.75) is 44.8 Å². The summed E-state index contributed by atoms with van der Waals surface area (Å²) in [6, 6.07) is 0. The van der Waals surface area contributed by atoms with Crippen LogP contribution in [0, 0.1) is 0 Å². The monoisotopic (exact) mass is 325 g/mol. The highest BCUT2D eigenvalue weighted by atomic mass is 32.2. The van der Waals surface area contributed by atoms with E-state index in [0.29, 0.717) is 13.1 Å². The molecule has 0 amide bonds. The quantitative estimate of drug-likeness (QED) is 0.536. The van der Waals surface area contributed by atoms with Gasteiger partial charge in [-0.15, -0.1) is 0 Å². The molecule has 0 saturated carbocycles. The summed E-state index contributed by atoms with van der Waals surface area (Å²) < 4.78 is 28.5. The molecule has 0 atom stereocenters. The van der Waals surface area contributed by atoms with E-state index in [9.17, 15) is 8.42 Å². The van der Waals surface area contributed by atoms with Crippen LogP contribution in [0.15, 0.2) is 0 Å². The Bertz CT molecular complexity index is 335. The van der Waals surface area contributed by atoms with Crippen molar-refractivity contribution < 1.29 is 8.42 Å². The van der Waals surface area contributed by atoms with Gasteiger partial charge in [-0.3, -0.25) is 0 Å². The van der Waals surface area contributed by atoms with E-state index in [1.807, 2.05) is 13.2 Å². The van der Waals surface area contributed by atoms with Gasteiger partial charge in [0.05, 0.1) is 0 Å². The van der Waals surface area contributed by atoms with Crippen LogP contribution in [-0.2, 0) is 10.2 Å². The molecular weight excluding hydrogens is 294 g/mol. The van der Waals surface area contributed by atoms with Crippen molar-refractivity contribution in [3.63, 3.8) is 0 Å². The first-order valence-electron chi connectivity index (χ1n) is 7.34. The van der Waals surface area contributed by atoms with E-state index in [1.165, 1.54) is 4.31 Å². The van der Waals surface area contributed by atoms with Crippen molar-refractivity contribution in [3.05, 3.63) is 0 Å². The molecule has 0 saturated heterocycles. The van der Waals surface area contributed by atoms with Crippen molar-refractivity contribution in [2.24, 2.45) is 0 Å². The zero-order valence-corrected chi connectivity index (χ0v) is 15.2. The van der Waals surface area contributed by atoms with Crippen LogP contribution in [0.3, 0.4) is 0 Å². The minimum absolute atomic E-state index is 0.00231. The molecule has 20 heavy (non-hydrogen) atoms. The first-order chi connectivity index (χ1) is 9.37. The molecule has 0 aromatic heterocycles. The summed E-state index contributed by atoms with van der Waals surface area (Å²) >= 11 is 1.74. The molecule has 0 aromatic rings. The fourth-order valence-corrected chi connectivity index (χ4v) is 3.85. The van der Waals surface area contributed by atoms with Crippen LogP contribution in [0.2, 0.25) is 0 Å². The van der Waals surface area contributed by atoms with Crippen LogP contribution in [0.5, 0.6) is 0 Å². The van der Waals surface area contributed by atoms with Crippen molar-refractivity contribution in [1.29, 1.82) is 0 Å². The van der Waals surface area contributed by atoms with Crippen LogP contribution >= 0.6 is 11.8 Å². The van der Waals surface area contributed by atoms with Crippen molar-refractivity contribution >= 4 is 22.0 Å². The molecule has 0 fully saturated rings. The van der Waals surface area contributed by atoms with E-state index in [4.69, 9.17) is 0 Å². The predicted octanol–water partition coefficient (Wildman–Crippen LogP) is 1.67. The van der Waals surface area contributed by atoms with E-state index < -0.39 is 10.2 Å². The second-order valence-corrected chi connectivity index (χ2v) is 8.09. The minimum atomic E-state index is -3.37. The van der Waals surface area contributed by atoms with Gasteiger partial charge in [0.15, 0.2) is 0 Å². The number of hydrogen-bond acceptors (Lipinski definition) is 4. The van der Waals surface area contributed by atoms with Gasteiger partial charge in [-0.1, -0.05) is 20.8 Å². The van der Waals surface area contributed by atoms with Gasteiger partial charge in [-0.05, 0) is 38.6 Å². The Morgan fingerprint density at radius 3 is 2.25 bits per heavy atom. The summed E-state index contributed by atoms with van der Waals surface area (Å²) in [4.78, 5) is 0. The lowest BCUT2D eigenvalue weighted by molar-refractivity contribution is 0.437. The molecule has 2 N–H and O–H groups in total. The molecule has 5 nitrogen and oxygen atoms in total. The summed E-state index contributed by atoms with van der Waals surface area (Å²) in [5.41, 5.74) is 0. The molecule has 0 rings (SSSR count). The van der Waals surface area contributed by atoms with Gasteiger partial charge in [-0.25, -0.2) is 4.72 Å². The molecular formula is C13H31N3O2S2. The Morgan fingerprint density at radius 1 is 1.20 bits per heavy atom. The third kappa shape index (κ3) is 6.76. The second kappa shape index (κ2) is 10.00. The van der Waals surface area contributed by atoms with Gasteiger partial charge >= 0.3 is 0 Å². The standard InChI is InChI=1S/C13H31N3O2S2/c1-6-13(7-2,19-5)12-15-20(17,18)16(4)11-9-10-14-8-3/h14-15H,6-12H2,1-5H3. The average Bonchev–Trinajstić information content (AvgIpc) is 2.45. The van der Waals surface area contributed by atoms with E-state index >= 15 is 0 Å². The number of thioether (sulfide) groups is 1. The Morgan fingerprint density at radius 2 is 1.80 bits per heavy atom.